The molecule has 0 spiro atoms. The number of nitrogens with zero attached hydrogens (tertiary/aromatic N) is 5. The van der Waals surface area contributed by atoms with Crippen molar-refractivity contribution < 1.29 is 4.42 Å². The van der Waals surface area contributed by atoms with Gasteiger partial charge in [-0.3, -0.25) is 4.90 Å². The van der Waals surface area contributed by atoms with E-state index in [1.807, 2.05) is 24.6 Å². The standard InChI is InChI=1S/C23H37N7O/c1-18-27-28-22(29(18)2)17-25-23(26-19-10-5-3-6-11-19)24-16-20(21-12-9-15-31-21)30-13-7-4-8-14-30/h9,12,15,19-20H,3-8,10-11,13-14,16-17H2,1-2H3,(H2,24,25,26). The number of aromatic nitrogens is 3. The molecule has 1 unspecified atom stereocenters. The normalized spacial score (nSPS) is 20.0. The Morgan fingerprint density at radius 3 is 2.61 bits per heavy atom. The molecule has 8 nitrogen and oxygen atoms in total. The van der Waals surface area contributed by atoms with Crippen molar-refractivity contribution >= 4 is 5.96 Å². The summed E-state index contributed by atoms with van der Waals surface area (Å²) in [6, 6.07) is 4.77. The Morgan fingerprint density at radius 1 is 1.16 bits per heavy atom. The minimum Gasteiger partial charge on any atom is -0.468 e. The molecule has 2 N–H and O–H groups in total. The number of rotatable bonds is 7. The highest BCUT2D eigenvalue weighted by Gasteiger charge is 2.25. The minimum atomic E-state index is 0.214. The van der Waals surface area contributed by atoms with Crippen molar-refractivity contribution in [2.75, 3.05) is 19.6 Å². The highest BCUT2D eigenvalue weighted by atomic mass is 16.3. The summed E-state index contributed by atoms with van der Waals surface area (Å²) >= 11 is 0. The lowest BCUT2D eigenvalue weighted by molar-refractivity contribution is 0.146. The van der Waals surface area contributed by atoms with Crippen LogP contribution in [0.2, 0.25) is 0 Å². The van der Waals surface area contributed by atoms with Crippen LogP contribution in [0, 0.1) is 6.92 Å². The van der Waals surface area contributed by atoms with E-state index in [9.17, 15) is 0 Å². The number of aryl methyl sites for hydroxylation is 1. The lowest BCUT2D eigenvalue weighted by atomic mass is 9.96. The van der Waals surface area contributed by atoms with Crippen LogP contribution in [-0.4, -0.2) is 51.3 Å². The van der Waals surface area contributed by atoms with Crippen LogP contribution in [0.5, 0.6) is 0 Å². The summed E-state index contributed by atoms with van der Waals surface area (Å²) in [7, 11) is 1.99. The molecular weight excluding hydrogens is 390 g/mol. The highest BCUT2D eigenvalue weighted by molar-refractivity contribution is 5.80. The van der Waals surface area contributed by atoms with Crippen molar-refractivity contribution in [1.82, 2.24) is 30.3 Å². The maximum absolute atomic E-state index is 5.82. The molecule has 2 fully saturated rings. The van der Waals surface area contributed by atoms with Crippen molar-refractivity contribution in [2.24, 2.45) is 12.0 Å². The summed E-state index contributed by atoms with van der Waals surface area (Å²) in [6.07, 6.45) is 11.9. The Labute approximate surface area is 185 Å². The quantitative estimate of drug-likeness (QED) is 0.521. The van der Waals surface area contributed by atoms with E-state index in [0.717, 1.165) is 43.0 Å². The SMILES string of the molecule is Cc1nnc(CN=C(NCC(c2ccco2)N2CCCCC2)NC2CCCCC2)n1C. The van der Waals surface area contributed by atoms with E-state index in [2.05, 4.69) is 31.8 Å². The van der Waals surface area contributed by atoms with E-state index >= 15 is 0 Å². The van der Waals surface area contributed by atoms with Gasteiger partial charge >= 0.3 is 0 Å². The molecule has 1 saturated heterocycles. The topological polar surface area (TPSA) is 83.5 Å². The average molecular weight is 428 g/mol. The number of likely N-dealkylation sites (tertiary alicyclic amines) is 1. The predicted molar refractivity (Wildman–Crippen MR) is 122 cm³/mol. The third kappa shape index (κ3) is 5.87. The predicted octanol–water partition coefficient (Wildman–Crippen LogP) is 3.31. The number of piperidine rings is 1. The molecule has 31 heavy (non-hydrogen) atoms. The van der Waals surface area contributed by atoms with E-state index in [1.165, 1.54) is 51.4 Å². The summed E-state index contributed by atoms with van der Waals surface area (Å²) in [5, 5.41) is 15.8. The van der Waals surface area contributed by atoms with Crippen LogP contribution in [0.3, 0.4) is 0 Å². The van der Waals surface area contributed by atoms with Crippen LogP contribution in [-0.2, 0) is 13.6 Å². The molecular formula is C23H37N7O. The number of guanidine groups is 1. The lowest BCUT2D eigenvalue weighted by Crippen LogP contribution is -2.47. The Hall–Kier alpha value is -2.35. The number of nitrogens with one attached hydrogen (secondary N) is 2. The van der Waals surface area contributed by atoms with Crippen LogP contribution < -0.4 is 10.6 Å². The van der Waals surface area contributed by atoms with Gasteiger partial charge in [-0.25, -0.2) is 4.99 Å². The first-order valence-electron chi connectivity index (χ1n) is 11.9. The van der Waals surface area contributed by atoms with Crippen molar-refractivity contribution in [1.29, 1.82) is 0 Å². The maximum Gasteiger partial charge on any atom is 0.191 e. The van der Waals surface area contributed by atoms with Crippen LogP contribution >= 0.6 is 0 Å². The van der Waals surface area contributed by atoms with Crippen LogP contribution in [0.15, 0.2) is 27.8 Å². The average Bonchev–Trinajstić information content (AvgIpc) is 3.44. The molecule has 0 radical (unpaired) electrons. The van der Waals surface area contributed by atoms with Crippen molar-refractivity contribution in [3.05, 3.63) is 35.8 Å². The van der Waals surface area contributed by atoms with Crippen LogP contribution in [0.25, 0.3) is 0 Å². The van der Waals surface area contributed by atoms with Gasteiger partial charge in [-0.2, -0.15) is 0 Å². The smallest absolute Gasteiger partial charge is 0.191 e. The van der Waals surface area contributed by atoms with E-state index in [1.54, 1.807) is 6.26 Å². The summed E-state index contributed by atoms with van der Waals surface area (Å²) in [5.74, 6) is 3.67. The third-order valence-electron chi connectivity index (χ3n) is 6.67. The summed E-state index contributed by atoms with van der Waals surface area (Å²) in [5.41, 5.74) is 0. The maximum atomic E-state index is 5.82. The van der Waals surface area contributed by atoms with Gasteiger partial charge in [0.2, 0.25) is 0 Å². The van der Waals surface area contributed by atoms with E-state index < -0.39 is 0 Å². The molecule has 2 aromatic rings. The van der Waals surface area contributed by atoms with Crippen molar-refractivity contribution in [2.45, 2.75) is 76.9 Å². The minimum absolute atomic E-state index is 0.214. The molecule has 1 aliphatic carbocycles. The first-order chi connectivity index (χ1) is 15.2. The van der Waals surface area contributed by atoms with Crippen molar-refractivity contribution in [3.63, 3.8) is 0 Å². The third-order valence-corrected chi connectivity index (χ3v) is 6.67. The zero-order valence-corrected chi connectivity index (χ0v) is 19.0. The Kier molecular flexibility index (Phi) is 7.61. The second kappa shape index (κ2) is 10.8. The van der Waals surface area contributed by atoms with Gasteiger partial charge in [-0.15, -0.1) is 10.2 Å². The molecule has 0 aromatic carbocycles. The van der Waals surface area contributed by atoms with Gasteiger partial charge in [0.1, 0.15) is 18.1 Å². The lowest BCUT2D eigenvalue weighted by Gasteiger charge is -2.34. The number of furan rings is 1. The van der Waals surface area contributed by atoms with Gasteiger partial charge in [0.25, 0.3) is 0 Å². The Bertz CT molecular complexity index is 817. The Balaban J connectivity index is 1.46. The van der Waals surface area contributed by atoms with Gasteiger partial charge in [-0.1, -0.05) is 25.7 Å². The fraction of sp³-hybridized carbons (Fsp3) is 0.696. The molecule has 3 heterocycles. The summed E-state index contributed by atoms with van der Waals surface area (Å²) < 4.78 is 7.82. The van der Waals surface area contributed by atoms with Gasteiger partial charge in [-0.05, 0) is 57.8 Å². The highest BCUT2D eigenvalue weighted by Crippen LogP contribution is 2.24. The molecule has 1 atom stereocenters. The second-order valence-corrected chi connectivity index (χ2v) is 8.88. The number of hydrogen-bond acceptors (Lipinski definition) is 5. The first-order valence-corrected chi connectivity index (χ1v) is 11.9. The molecule has 8 heteroatoms. The summed E-state index contributed by atoms with van der Waals surface area (Å²) in [6.45, 7) is 5.48. The monoisotopic (exact) mass is 427 g/mol. The van der Waals surface area contributed by atoms with Crippen LogP contribution in [0.1, 0.15) is 74.8 Å². The van der Waals surface area contributed by atoms with Gasteiger partial charge in [0.05, 0.1) is 12.3 Å². The zero-order valence-electron chi connectivity index (χ0n) is 19.0. The van der Waals surface area contributed by atoms with E-state index in [-0.39, 0.29) is 6.04 Å². The van der Waals surface area contributed by atoms with Gasteiger partial charge < -0.3 is 19.6 Å². The van der Waals surface area contributed by atoms with Crippen LogP contribution in [0.4, 0.5) is 0 Å². The zero-order chi connectivity index (χ0) is 21.5. The van der Waals surface area contributed by atoms with Gasteiger partial charge in [0, 0.05) is 19.6 Å². The number of aliphatic imine (C=N–C) groups is 1. The first kappa shape index (κ1) is 21.9. The molecule has 0 amide bonds. The second-order valence-electron chi connectivity index (χ2n) is 8.88. The van der Waals surface area contributed by atoms with E-state index in [4.69, 9.17) is 9.41 Å². The summed E-state index contributed by atoms with van der Waals surface area (Å²) in [4.78, 5) is 7.42. The van der Waals surface area contributed by atoms with E-state index in [0.29, 0.717) is 12.6 Å². The Morgan fingerprint density at radius 2 is 1.94 bits per heavy atom. The molecule has 0 bridgehead atoms. The van der Waals surface area contributed by atoms with Crippen molar-refractivity contribution in [3.8, 4) is 0 Å². The fourth-order valence-corrected chi connectivity index (χ4v) is 4.65. The molecule has 170 valence electrons. The molecule has 2 aliphatic rings. The molecule has 1 aliphatic heterocycles. The van der Waals surface area contributed by atoms with Gasteiger partial charge in [0.15, 0.2) is 11.8 Å². The molecule has 1 saturated carbocycles. The fourth-order valence-electron chi connectivity index (χ4n) is 4.65. The largest absolute Gasteiger partial charge is 0.468 e. The number of hydrogen-bond donors (Lipinski definition) is 2. The molecule has 4 rings (SSSR count). The molecule has 2 aromatic heterocycles.